The standard InChI is InChI=1S/C9H17O2/c1-4-11-9(10)7-5-6-8(2)3/h7-8H,4-6H2,1-3H3. The lowest BCUT2D eigenvalue weighted by atomic mass is 10.1. The van der Waals surface area contributed by atoms with Gasteiger partial charge in [0.15, 0.2) is 0 Å². The van der Waals surface area contributed by atoms with Crippen LogP contribution in [0, 0.1) is 12.3 Å². The second-order valence-corrected chi connectivity index (χ2v) is 2.93. The van der Waals surface area contributed by atoms with Crippen molar-refractivity contribution in [2.24, 2.45) is 5.92 Å². The van der Waals surface area contributed by atoms with Crippen LogP contribution in [0.15, 0.2) is 0 Å². The molecule has 0 heterocycles. The molecule has 0 amide bonds. The fourth-order valence-corrected chi connectivity index (χ4v) is 0.736. The smallest absolute Gasteiger partial charge is 0.309 e. The Labute approximate surface area is 68.9 Å². The third-order valence-corrected chi connectivity index (χ3v) is 1.34. The quantitative estimate of drug-likeness (QED) is 0.572. The van der Waals surface area contributed by atoms with E-state index in [4.69, 9.17) is 4.74 Å². The van der Waals surface area contributed by atoms with E-state index in [1.165, 1.54) is 0 Å². The Hall–Kier alpha value is -0.530. The van der Waals surface area contributed by atoms with Gasteiger partial charge in [0.05, 0.1) is 13.0 Å². The van der Waals surface area contributed by atoms with Gasteiger partial charge in [-0.2, -0.15) is 0 Å². The van der Waals surface area contributed by atoms with Crippen LogP contribution in [-0.2, 0) is 9.53 Å². The van der Waals surface area contributed by atoms with E-state index in [9.17, 15) is 4.79 Å². The summed E-state index contributed by atoms with van der Waals surface area (Å²) in [7, 11) is 0. The maximum absolute atomic E-state index is 10.7. The molecule has 0 aromatic rings. The van der Waals surface area contributed by atoms with Crippen LogP contribution in [0.3, 0.4) is 0 Å². The van der Waals surface area contributed by atoms with Gasteiger partial charge in [-0.25, -0.2) is 0 Å². The van der Waals surface area contributed by atoms with Gasteiger partial charge in [-0.1, -0.05) is 20.3 Å². The molecule has 65 valence electrons. The molecule has 0 N–H and O–H groups in total. The zero-order valence-electron chi connectivity index (χ0n) is 7.59. The molecule has 0 saturated heterocycles. The van der Waals surface area contributed by atoms with Crippen molar-refractivity contribution in [3.05, 3.63) is 6.42 Å². The Morgan fingerprint density at radius 1 is 1.55 bits per heavy atom. The summed E-state index contributed by atoms with van der Waals surface area (Å²) >= 11 is 0. The maximum atomic E-state index is 10.7. The van der Waals surface area contributed by atoms with Crippen LogP contribution in [-0.4, -0.2) is 12.6 Å². The number of hydrogen-bond donors (Lipinski definition) is 0. The van der Waals surface area contributed by atoms with Gasteiger partial charge >= 0.3 is 5.97 Å². The molecule has 0 bridgehead atoms. The highest BCUT2D eigenvalue weighted by Crippen LogP contribution is 2.05. The average molecular weight is 157 g/mol. The van der Waals surface area contributed by atoms with Crippen molar-refractivity contribution >= 4 is 5.97 Å². The van der Waals surface area contributed by atoms with Crippen molar-refractivity contribution in [2.75, 3.05) is 6.61 Å². The predicted octanol–water partition coefficient (Wildman–Crippen LogP) is 2.19. The van der Waals surface area contributed by atoms with Crippen LogP contribution in [0.5, 0.6) is 0 Å². The molecule has 2 nitrogen and oxygen atoms in total. The van der Waals surface area contributed by atoms with Gasteiger partial charge in [-0.3, -0.25) is 4.79 Å². The van der Waals surface area contributed by atoms with E-state index < -0.39 is 0 Å². The minimum Gasteiger partial charge on any atom is -0.466 e. The summed E-state index contributed by atoms with van der Waals surface area (Å²) in [5.41, 5.74) is 0. The molecule has 0 saturated carbocycles. The van der Waals surface area contributed by atoms with Gasteiger partial charge < -0.3 is 4.74 Å². The zero-order valence-corrected chi connectivity index (χ0v) is 7.59. The second-order valence-electron chi connectivity index (χ2n) is 2.93. The van der Waals surface area contributed by atoms with Crippen molar-refractivity contribution in [2.45, 2.75) is 33.6 Å². The molecule has 0 unspecified atom stereocenters. The van der Waals surface area contributed by atoms with Crippen molar-refractivity contribution in [3.63, 3.8) is 0 Å². The fourth-order valence-electron chi connectivity index (χ4n) is 0.736. The number of carbonyl (C=O) groups excluding carboxylic acids is 1. The van der Waals surface area contributed by atoms with Gasteiger partial charge in [-0.05, 0) is 19.3 Å². The summed E-state index contributed by atoms with van der Waals surface area (Å²) in [5.74, 6) is 0.467. The molecule has 0 aromatic heterocycles. The van der Waals surface area contributed by atoms with E-state index >= 15 is 0 Å². The molecule has 0 aliphatic rings. The fraction of sp³-hybridized carbons (Fsp3) is 0.778. The molecule has 1 radical (unpaired) electrons. The van der Waals surface area contributed by atoms with Crippen LogP contribution < -0.4 is 0 Å². The van der Waals surface area contributed by atoms with Crippen molar-refractivity contribution in [1.29, 1.82) is 0 Å². The lowest BCUT2D eigenvalue weighted by Gasteiger charge is -2.03. The SMILES string of the molecule is CCOC(=O)[CH]CCC(C)C. The lowest BCUT2D eigenvalue weighted by molar-refractivity contribution is -0.139. The monoisotopic (exact) mass is 157 g/mol. The van der Waals surface area contributed by atoms with Gasteiger partial charge in [0.1, 0.15) is 0 Å². The molecule has 0 fully saturated rings. The van der Waals surface area contributed by atoms with E-state index in [-0.39, 0.29) is 5.97 Å². The largest absolute Gasteiger partial charge is 0.466 e. The van der Waals surface area contributed by atoms with E-state index in [1.54, 1.807) is 6.42 Å². The number of ether oxygens (including phenoxy) is 1. The predicted molar refractivity (Wildman–Crippen MR) is 45.0 cm³/mol. The summed E-state index contributed by atoms with van der Waals surface area (Å²) in [5, 5.41) is 0. The molecule has 0 atom stereocenters. The Morgan fingerprint density at radius 3 is 2.64 bits per heavy atom. The van der Waals surface area contributed by atoms with Gasteiger partial charge in [-0.15, -0.1) is 0 Å². The summed E-state index contributed by atoms with van der Waals surface area (Å²) in [6.45, 7) is 6.56. The first-order chi connectivity index (χ1) is 5.16. The third kappa shape index (κ3) is 7.37. The van der Waals surface area contributed by atoms with Crippen LogP contribution in [0.25, 0.3) is 0 Å². The first kappa shape index (κ1) is 10.5. The molecule has 0 aliphatic heterocycles. The minimum atomic E-state index is -0.187. The molecule has 0 aliphatic carbocycles. The van der Waals surface area contributed by atoms with Gasteiger partial charge in [0.25, 0.3) is 0 Å². The molecule has 0 rings (SSSR count). The molecule has 11 heavy (non-hydrogen) atoms. The van der Waals surface area contributed by atoms with E-state index in [1.807, 2.05) is 6.92 Å². The summed E-state index contributed by atoms with van der Waals surface area (Å²) in [6, 6.07) is 0. The van der Waals surface area contributed by atoms with Crippen LogP contribution >= 0.6 is 0 Å². The van der Waals surface area contributed by atoms with Crippen LogP contribution in [0.1, 0.15) is 33.6 Å². The molecular weight excluding hydrogens is 140 g/mol. The van der Waals surface area contributed by atoms with Gasteiger partial charge in [0.2, 0.25) is 0 Å². The highest BCUT2D eigenvalue weighted by Gasteiger charge is 2.02. The normalized spacial score (nSPS) is 10.2. The highest BCUT2D eigenvalue weighted by atomic mass is 16.5. The first-order valence-corrected chi connectivity index (χ1v) is 4.16. The first-order valence-electron chi connectivity index (χ1n) is 4.16. The average Bonchev–Trinajstić information content (AvgIpc) is 1.87. The Bertz CT molecular complexity index is 108. The number of hydrogen-bond acceptors (Lipinski definition) is 2. The number of esters is 1. The summed E-state index contributed by atoms with van der Waals surface area (Å²) in [4.78, 5) is 10.7. The third-order valence-electron chi connectivity index (χ3n) is 1.34. The Kier molecular flexibility index (Phi) is 5.90. The summed E-state index contributed by atoms with van der Waals surface area (Å²) < 4.78 is 4.73. The number of rotatable bonds is 5. The number of carbonyl (C=O) groups is 1. The Morgan fingerprint density at radius 2 is 2.18 bits per heavy atom. The van der Waals surface area contributed by atoms with Crippen molar-refractivity contribution < 1.29 is 9.53 Å². The van der Waals surface area contributed by atoms with Crippen molar-refractivity contribution in [3.8, 4) is 0 Å². The molecule has 0 spiro atoms. The van der Waals surface area contributed by atoms with E-state index in [0.29, 0.717) is 12.5 Å². The maximum Gasteiger partial charge on any atom is 0.309 e. The van der Waals surface area contributed by atoms with E-state index in [2.05, 4.69) is 13.8 Å². The van der Waals surface area contributed by atoms with E-state index in [0.717, 1.165) is 12.8 Å². The molecular formula is C9H17O2. The summed E-state index contributed by atoms with van der Waals surface area (Å²) in [6.07, 6.45) is 3.50. The molecule has 0 aromatic carbocycles. The second kappa shape index (κ2) is 6.20. The molecule has 2 heteroatoms. The minimum absolute atomic E-state index is 0.187. The van der Waals surface area contributed by atoms with Crippen LogP contribution in [0.2, 0.25) is 0 Å². The Balaban J connectivity index is 3.17. The topological polar surface area (TPSA) is 26.3 Å². The van der Waals surface area contributed by atoms with Gasteiger partial charge in [0, 0.05) is 0 Å². The van der Waals surface area contributed by atoms with Crippen molar-refractivity contribution in [1.82, 2.24) is 0 Å². The van der Waals surface area contributed by atoms with Crippen LogP contribution in [0.4, 0.5) is 0 Å². The highest BCUT2D eigenvalue weighted by molar-refractivity contribution is 5.78. The zero-order chi connectivity index (χ0) is 8.69. The lowest BCUT2D eigenvalue weighted by Crippen LogP contribution is -2.04.